The number of anilines is 1. The summed E-state index contributed by atoms with van der Waals surface area (Å²) in [7, 11) is 0. The fourth-order valence-electron chi connectivity index (χ4n) is 4.28. The number of halogens is 4. The van der Waals surface area contributed by atoms with E-state index in [1.54, 1.807) is 29.3 Å². The molecule has 1 amide bonds. The van der Waals surface area contributed by atoms with Crippen LogP contribution < -0.4 is 14.5 Å². The lowest BCUT2D eigenvalue weighted by Gasteiger charge is -2.37. The minimum atomic E-state index is -2.94. The summed E-state index contributed by atoms with van der Waals surface area (Å²) in [5, 5.41) is 11.6. The van der Waals surface area contributed by atoms with Crippen LogP contribution >= 0.6 is 23.2 Å². The summed E-state index contributed by atoms with van der Waals surface area (Å²) in [6.45, 7) is -1.49. The van der Waals surface area contributed by atoms with E-state index < -0.39 is 6.61 Å². The van der Waals surface area contributed by atoms with Crippen molar-refractivity contribution < 1.29 is 23.0 Å². The first-order valence-electron chi connectivity index (χ1n) is 10.8. The summed E-state index contributed by atoms with van der Waals surface area (Å²) < 4.78 is 35.3. The molecule has 1 fully saturated rings. The Bertz CT molecular complexity index is 1230. The lowest BCUT2D eigenvalue weighted by Crippen LogP contribution is -2.49. The smallest absolute Gasteiger partial charge is 0.387 e. The van der Waals surface area contributed by atoms with Crippen molar-refractivity contribution in [1.29, 1.82) is 0 Å². The monoisotopic (exact) mass is 508 g/mol. The highest BCUT2D eigenvalue weighted by Gasteiger charge is 2.33. The van der Waals surface area contributed by atoms with Crippen LogP contribution in [0.5, 0.6) is 11.5 Å². The molecule has 34 heavy (non-hydrogen) atoms. The number of carbonyl (C=O) groups is 1. The fraction of sp³-hybridized carbons (Fsp3) is 0.304. The maximum absolute atomic E-state index is 13.9. The number of aromatic amines is 1. The Morgan fingerprint density at radius 3 is 2.68 bits per heavy atom. The number of hydrogen-bond acceptors (Lipinski definition) is 5. The summed E-state index contributed by atoms with van der Waals surface area (Å²) in [6.07, 6.45) is 3.00. The predicted molar refractivity (Wildman–Crippen MR) is 124 cm³/mol. The maximum atomic E-state index is 13.9. The number of benzene rings is 2. The molecule has 3 heterocycles. The van der Waals surface area contributed by atoms with Gasteiger partial charge in [-0.1, -0.05) is 29.6 Å². The van der Waals surface area contributed by atoms with E-state index >= 15 is 0 Å². The van der Waals surface area contributed by atoms with Gasteiger partial charge in [-0.05, 0) is 43.2 Å². The molecule has 11 heteroatoms. The van der Waals surface area contributed by atoms with E-state index in [9.17, 15) is 13.6 Å². The minimum Gasteiger partial charge on any atom is -0.488 e. The highest BCUT2D eigenvalue weighted by molar-refractivity contribution is 6.37. The van der Waals surface area contributed by atoms with Gasteiger partial charge in [-0.3, -0.25) is 9.89 Å². The number of nitrogens with one attached hydrogen (secondary N) is 1. The highest BCUT2D eigenvalue weighted by Crippen LogP contribution is 2.40. The Balaban J connectivity index is 1.52. The molecule has 0 bridgehead atoms. The van der Waals surface area contributed by atoms with Crippen LogP contribution in [0.15, 0.2) is 36.4 Å². The average Bonchev–Trinajstić information content (AvgIpc) is 3.25. The first kappa shape index (κ1) is 22.9. The largest absolute Gasteiger partial charge is 0.488 e. The van der Waals surface area contributed by atoms with Gasteiger partial charge in [0.05, 0.1) is 10.7 Å². The number of H-pyrrole nitrogens is 1. The van der Waals surface area contributed by atoms with E-state index in [0.29, 0.717) is 51.4 Å². The molecule has 1 aromatic heterocycles. The number of hydrazine groups is 1. The van der Waals surface area contributed by atoms with Crippen LogP contribution in [-0.2, 0) is 6.61 Å². The average molecular weight is 509 g/mol. The molecular formula is C23H20Cl2F2N4O3. The van der Waals surface area contributed by atoms with Gasteiger partial charge in [-0.15, -0.1) is 0 Å². The Morgan fingerprint density at radius 2 is 1.94 bits per heavy atom. The van der Waals surface area contributed by atoms with Crippen LogP contribution in [0.25, 0.3) is 11.3 Å². The molecule has 2 aliphatic rings. The van der Waals surface area contributed by atoms with Crippen LogP contribution in [-0.4, -0.2) is 40.8 Å². The van der Waals surface area contributed by atoms with Crippen LogP contribution in [0, 0.1) is 0 Å². The Kier molecular flexibility index (Phi) is 6.33. The molecule has 0 radical (unpaired) electrons. The van der Waals surface area contributed by atoms with Gasteiger partial charge in [0.15, 0.2) is 0 Å². The lowest BCUT2D eigenvalue weighted by molar-refractivity contribution is -0.0499. The van der Waals surface area contributed by atoms with E-state index in [2.05, 4.69) is 14.9 Å². The molecule has 1 N–H and O–H groups in total. The van der Waals surface area contributed by atoms with Crippen molar-refractivity contribution in [3.63, 3.8) is 0 Å². The van der Waals surface area contributed by atoms with Crippen LogP contribution in [0.3, 0.4) is 0 Å². The third kappa shape index (κ3) is 4.31. The number of carbonyl (C=O) groups excluding carboxylic acids is 1. The van der Waals surface area contributed by atoms with Crippen molar-refractivity contribution in [1.82, 2.24) is 15.2 Å². The molecule has 0 spiro atoms. The van der Waals surface area contributed by atoms with Gasteiger partial charge >= 0.3 is 6.61 Å². The zero-order valence-corrected chi connectivity index (χ0v) is 19.4. The first-order chi connectivity index (χ1) is 16.4. The standard InChI is InChI=1S/C23H20Cl2F2N4O3/c24-13-4-7-18(17(25)10-13)31(30-8-2-1-3-9-30)22(32)21-16-12-33-19-11-14(34-23(26)27)5-6-15(19)20(16)28-29-21/h4-7,10-11,23H,1-3,8-9,12H2,(H,28,29). The van der Waals surface area contributed by atoms with Gasteiger partial charge in [0.1, 0.15) is 29.5 Å². The molecule has 2 aromatic carbocycles. The normalized spacial score (nSPS) is 15.4. The number of alkyl halides is 2. The lowest BCUT2D eigenvalue weighted by atomic mass is 10.0. The molecule has 7 nitrogen and oxygen atoms in total. The van der Waals surface area contributed by atoms with E-state index in [1.807, 2.05) is 5.01 Å². The SMILES string of the molecule is O=C(c1[nH]nc2c1COc1cc(OC(F)F)ccc1-2)N(c1ccc(Cl)cc1Cl)N1CCCCC1. The quantitative estimate of drug-likeness (QED) is 0.462. The summed E-state index contributed by atoms with van der Waals surface area (Å²) in [6, 6.07) is 9.38. The maximum Gasteiger partial charge on any atom is 0.387 e. The number of aromatic nitrogens is 2. The van der Waals surface area contributed by atoms with Crippen molar-refractivity contribution in [3.05, 3.63) is 57.7 Å². The van der Waals surface area contributed by atoms with Crippen LogP contribution in [0.2, 0.25) is 10.0 Å². The zero-order valence-electron chi connectivity index (χ0n) is 17.9. The molecular weight excluding hydrogens is 489 g/mol. The second kappa shape index (κ2) is 9.40. The van der Waals surface area contributed by atoms with E-state index in [4.69, 9.17) is 27.9 Å². The van der Waals surface area contributed by atoms with Crippen molar-refractivity contribution in [2.75, 3.05) is 18.1 Å². The van der Waals surface area contributed by atoms with Crippen molar-refractivity contribution in [3.8, 4) is 22.8 Å². The van der Waals surface area contributed by atoms with Gasteiger partial charge < -0.3 is 9.47 Å². The number of hydrogen-bond donors (Lipinski definition) is 1. The van der Waals surface area contributed by atoms with Gasteiger partial charge in [0.2, 0.25) is 0 Å². The predicted octanol–water partition coefficient (Wildman–Crippen LogP) is 5.93. The second-order valence-corrected chi connectivity index (χ2v) is 8.82. The van der Waals surface area contributed by atoms with Crippen LogP contribution in [0.1, 0.15) is 35.3 Å². The van der Waals surface area contributed by atoms with E-state index in [-0.39, 0.29) is 24.0 Å². The molecule has 178 valence electrons. The summed E-state index contributed by atoms with van der Waals surface area (Å²) >= 11 is 12.6. The first-order valence-corrected chi connectivity index (χ1v) is 11.5. The van der Waals surface area contributed by atoms with Gasteiger partial charge in [-0.2, -0.15) is 13.9 Å². The van der Waals surface area contributed by atoms with Gasteiger partial charge in [-0.25, -0.2) is 10.0 Å². The van der Waals surface area contributed by atoms with Gasteiger partial charge in [0, 0.05) is 35.3 Å². The molecule has 0 unspecified atom stereocenters. The summed E-state index contributed by atoms with van der Waals surface area (Å²) in [5.74, 6) is 0.00653. The second-order valence-electron chi connectivity index (χ2n) is 7.98. The number of ether oxygens (including phenoxy) is 2. The Labute approximate surface area is 204 Å². The third-order valence-electron chi connectivity index (χ3n) is 5.83. The van der Waals surface area contributed by atoms with Crippen molar-refractivity contribution in [2.24, 2.45) is 0 Å². The molecule has 1 saturated heterocycles. The van der Waals surface area contributed by atoms with E-state index in [1.165, 1.54) is 12.1 Å². The number of amides is 1. The summed E-state index contributed by atoms with van der Waals surface area (Å²) in [5.41, 5.74) is 2.46. The molecule has 2 aliphatic heterocycles. The highest BCUT2D eigenvalue weighted by atomic mass is 35.5. The molecule has 3 aromatic rings. The zero-order chi connectivity index (χ0) is 23.8. The number of piperidine rings is 1. The van der Waals surface area contributed by atoms with Crippen molar-refractivity contribution >= 4 is 34.8 Å². The molecule has 5 rings (SSSR count). The Hall–Kier alpha value is -2.88. The Morgan fingerprint density at radius 1 is 1.15 bits per heavy atom. The summed E-state index contributed by atoms with van der Waals surface area (Å²) in [4.78, 5) is 13.9. The number of nitrogens with zero attached hydrogens (tertiary/aromatic N) is 3. The number of rotatable bonds is 5. The van der Waals surface area contributed by atoms with E-state index in [0.717, 1.165) is 19.3 Å². The fourth-order valence-corrected chi connectivity index (χ4v) is 4.76. The molecule has 0 aliphatic carbocycles. The minimum absolute atomic E-state index is 0.0160. The number of fused-ring (bicyclic) bond motifs is 3. The van der Waals surface area contributed by atoms with Gasteiger partial charge in [0.25, 0.3) is 5.91 Å². The third-order valence-corrected chi connectivity index (χ3v) is 6.37. The van der Waals surface area contributed by atoms with Crippen molar-refractivity contribution in [2.45, 2.75) is 32.5 Å². The topological polar surface area (TPSA) is 70.7 Å². The molecule has 0 saturated carbocycles. The van der Waals surface area contributed by atoms with Crippen LogP contribution in [0.4, 0.5) is 14.5 Å². The molecule has 0 atom stereocenters.